The van der Waals surface area contributed by atoms with Crippen LogP contribution in [0.4, 0.5) is 0 Å². The van der Waals surface area contributed by atoms with Gasteiger partial charge in [-0.3, -0.25) is 9.69 Å². The van der Waals surface area contributed by atoms with Crippen LogP contribution in [0.15, 0.2) is 30.3 Å². The van der Waals surface area contributed by atoms with Crippen LogP contribution in [0.3, 0.4) is 0 Å². The molecule has 1 fully saturated rings. The average molecular weight is 261 g/mol. The molecule has 1 saturated heterocycles. The molecule has 3 heteroatoms. The largest absolute Gasteiger partial charge is 0.480 e. The molecule has 0 aromatic heterocycles. The van der Waals surface area contributed by atoms with Gasteiger partial charge in [0.25, 0.3) is 0 Å². The first-order valence-corrected chi connectivity index (χ1v) is 7.08. The Balaban J connectivity index is 2.12. The number of piperidine rings is 1. The highest BCUT2D eigenvalue weighted by Crippen LogP contribution is 2.31. The molecule has 1 aliphatic rings. The quantitative estimate of drug-likeness (QED) is 0.906. The first-order chi connectivity index (χ1) is 9.04. The van der Waals surface area contributed by atoms with Gasteiger partial charge in [-0.05, 0) is 51.6 Å². The molecular weight excluding hydrogens is 238 g/mol. The van der Waals surface area contributed by atoms with Gasteiger partial charge < -0.3 is 5.11 Å². The summed E-state index contributed by atoms with van der Waals surface area (Å²) in [5.74, 6) is -0.688. The van der Waals surface area contributed by atoms with Crippen LogP contribution in [-0.2, 0) is 11.2 Å². The van der Waals surface area contributed by atoms with Crippen molar-refractivity contribution in [1.29, 1.82) is 0 Å². The maximum Gasteiger partial charge on any atom is 0.323 e. The van der Waals surface area contributed by atoms with Crippen molar-refractivity contribution in [1.82, 2.24) is 4.90 Å². The molecule has 0 bridgehead atoms. The minimum Gasteiger partial charge on any atom is -0.480 e. The topological polar surface area (TPSA) is 40.5 Å². The number of hydrogen-bond donors (Lipinski definition) is 1. The van der Waals surface area contributed by atoms with Crippen LogP contribution in [0.2, 0.25) is 0 Å². The van der Waals surface area contributed by atoms with Gasteiger partial charge in [0.15, 0.2) is 0 Å². The van der Waals surface area contributed by atoms with Crippen molar-refractivity contribution in [2.45, 2.75) is 51.1 Å². The maximum atomic E-state index is 11.6. The van der Waals surface area contributed by atoms with Crippen molar-refractivity contribution in [3.8, 4) is 0 Å². The number of carboxylic acids is 1. The van der Waals surface area contributed by atoms with Crippen LogP contribution in [0, 0.1) is 0 Å². The van der Waals surface area contributed by atoms with E-state index in [4.69, 9.17) is 0 Å². The number of hydrogen-bond acceptors (Lipinski definition) is 2. The summed E-state index contributed by atoms with van der Waals surface area (Å²) in [5.41, 5.74) is 0.570. The summed E-state index contributed by atoms with van der Waals surface area (Å²) in [5, 5.41) is 9.54. The normalized spacial score (nSPS) is 26.0. The van der Waals surface area contributed by atoms with E-state index in [0.29, 0.717) is 0 Å². The Hall–Kier alpha value is -1.35. The summed E-state index contributed by atoms with van der Waals surface area (Å²) in [7, 11) is 0. The summed E-state index contributed by atoms with van der Waals surface area (Å²) in [6.45, 7) is 4.90. The second-order valence-corrected chi connectivity index (χ2v) is 5.77. The molecule has 0 aliphatic carbocycles. The van der Waals surface area contributed by atoms with Crippen molar-refractivity contribution in [3.63, 3.8) is 0 Å². The molecule has 2 rings (SSSR count). The lowest BCUT2D eigenvalue weighted by Gasteiger charge is -2.45. The second kappa shape index (κ2) is 5.74. The lowest BCUT2D eigenvalue weighted by molar-refractivity contribution is -0.154. The van der Waals surface area contributed by atoms with Gasteiger partial charge in [0.1, 0.15) is 5.54 Å². The zero-order chi connectivity index (χ0) is 13.9. The van der Waals surface area contributed by atoms with E-state index in [1.807, 2.05) is 25.1 Å². The monoisotopic (exact) mass is 261 g/mol. The fourth-order valence-electron chi connectivity index (χ4n) is 3.14. The van der Waals surface area contributed by atoms with Crippen molar-refractivity contribution in [2.75, 3.05) is 6.54 Å². The van der Waals surface area contributed by atoms with E-state index < -0.39 is 11.5 Å². The third kappa shape index (κ3) is 2.98. The number of likely N-dealkylation sites (tertiary alicyclic amines) is 1. The summed E-state index contributed by atoms with van der Waals surface area (Å²) in [6, 6.07) is 10.6. The first kappa shape index (κ1) is 14.1. The fourth-order valence-corrected chi connectivity index (χ4v) is 3.14. The van der Waals surface area contributed by atoms with Gasteiger partial charge in [0.2, 0.25) is 0 Å². The van der Waals surface area contributed by atoms with Gasteiger partial charge in [-0.15, -0.1) is 0 Å². The van der Waals surface area contributed by atoms with E-state index in [1.54, 1.807) is 0 Å². The number of carbonyl (C=O) groups is 1. The molecule has 1 N–H and O–H groups in total. The molecule has 3 nitrogen and oxygen atoms in total. The van der Waals surface area contributed by atoms with E-state index in [0.717, 1.165) is 32.2 Å². The Morgan fingerprint density at radius 3 is 2.68 bits per heavy atom. The fraction of sp³-hybridized carbons (Fsp3) is 0.562. The lowest BCUT2D eigenvalue weighted by atomic mass is 9.86. The molecule has 1 heterocycles. The zero-order valence-corrected chi connectivity index (χ0v) is 11.8. The van der Waals surface area contributed by atoms with E-state index in [-0.39, 0.29) is 6.04 Å². The molecule has 1 aliphatic heterocycles. The summed E-state index contributed by atoms with van der Waals surface area (Å²) < 4.78 is 0. The Bertz CT molecular complexity index is 432. The second-order valence-electron chi connectivity index (χ2n) is 5.77. The molecule has 2 atom stereocenters. The van der Waals surface area contributed by atoms with Crippen LogP contribution >= 0.6 is 0 Å². The number of benzene rings is 1. The third-order valence-electron chi connectivity index (χ3n) is 4.31. The molecule has 1 aromatic carbocycles. The number of nitrogens with zero attached hydrogens (tertiary/aromatic N) is 1. The van der Waals surface area contributed by atoms with Crippen LogP contribution in [0.5, 0.6) is 0 Å². The van der Waals surface area contributed by atoms with Crippen LogP contribution in [-0.4, -0.2) is 34.1 Å². The van der Waals surface area contributed by atoms with Gasteiger partial charge >= 0.3 is 5.97 Å². The van der Waals surface area contributed by atoms with E-state index in [2.05, 4.69) is 24.0 Å². The van der Waals surface area contributed by atoms with Gasteiger partial charge in [0.05, 0.1) is 0 Å². The Morgan fingerprint density at radius 1 is 1.37 bits per heavy atom. The van der Waals surface area contributed by atoms with Crippen LogP contribution in [0.1, 0.15) is 38.7 Å². The van der Waals surface area contributed by atoms with E-state index >= 15 is 0 Å². The van der Waals surface area contributed by atoms with Gasteiger partial charge in [-0.25, -0.2) is 0 Å². The van der Waals surface area contributed by atoms with Crippen molar-refractivity contribution in [3.05, 3.63) is 35.9 Å². The van der Waals surface area contributed by atoms with Crippen molar-refractivity contribution < 1.29 is 9.90 Å². The highest BCUT2D eigenvalue weighted by atomic mass is 16.4. The molecule has 0 radical (unpaired) electrons. The van der Waals surface area contributed by atoms with Crippen LogP contribution < -0.4 is 0 Å². The molecular formula is C16H23NO2. The Labute approximate surface area is 115 Å². The molecule has 19 heavy (non-hydrogen) atoms. The smallest absolute Gasteiger partial charge is 0.323 e. The molecule has 1 aromatic rings. The average Bonchev–Trinajstić information content (AvgIpc) is 2.40. The third-order valence-corrected chi connectivity index (χ3v) is 4.31. The minimum absolute atomic E-state index is 0.254. The highest BCUT2D eigenvalue weighted by Gasteiger charge is 2.43. The number of rotatable bonds is 4. The predicted octanol–water partition coefficient (Wildman–Crippen LogP) is 2.95. The standard InChI is InChI=1S/C16H23NO2/c1-13(12-14-8-4-3-5-9-14)17-11-7-6-10-16(17,2)15(18)19/h3-5,8-9,13H,6-7,10-12H2,1-2H3,(H,18,19). The molecule has 2 unspecified atom stereocenters. The number of carboxylic acid groups (broad SMARTS) is 1. The molecule has 0 saturated carbocycles. The van der Waals surface area contributed by atoms with Crippen molar-refractivity contribution >= 4 is 5.97 Å². The van der Waals surface area contributed by atoms with Gasteiger partial charge in [0, 0.05) is 6.04 Å². The predicted molar refractivity (Wildman–Crippen MR) is 76.2 cm³/mol. The summed E-state index contributed by atoms with van der Waals surface area (Å²) in [6.07, 6.45) is 3.77. The summed E-state index contributed by atoms with van der Waals surface area (Å²) >= 11 is 0. The highest BCUT2D eigenvalue weighted by molar-refractivity contribution is 5.78. The van der Waals surface area contributed by atoms with Gasteiger partial charge in [-0.2, -0.15) is 0 Å². The van der Waals surface area contributed by atoms with E-state index in [9.17, 15) is 9.90 Å². The Kier molecular flexibility index (Phi) is 4.25. The Morgan fingerprint density at radius 2 is 2.05 bits per heavy atom. The number of aliphatic carboxylic acids is 1. The summed E-state index contributed by atoms with van der Waals surface area (Å²) in [4.78, 5) is 13.8. The zero-order valence-electron chi connectivity index (χ0n) is 11.8. The molecule has 104 valence electrons. The van der Waals surface area contributed by atoms with Crippen molar-refractivity contribution in [2.24, 2.45) is 0 Å². The van der Waals surface area contributed by atoms with E-state index in [1.165, 1.54) is 5.56 Å². The lowest BCUT2D eigenvalue weighted by Crippen LogP contribution is -2.58. The van der Waals surface area contributed by atoms with Crippen LogP contribution in [0.25, 0.3) is 0 Å². The minimum atomic E-state index is -0.702. The van der Waals surface area contributed by atoms with Gasteiger partial charge in [-0.1, -0.05) is 30.3 Å². The maximum absolute atomic E-state index is 11.6. The molecule has 0 amide bonds. The SMILES string of the molecule is CC(Cc1ccccc1)N1CCCCC1(C)C(=O)O. The first-order valence-electron chi connectivity index (χ1n) is 7.08. The molecule has 0 spiro atoms.